The Labute approximate surface area is 144 Å². The van der Waals surface area contributed by atoms with E-state index in [0.29, 0.717) is 13.0 Å². The molecular formula is C18H19F2N3O2. The van der Waals surface area contributed by atoms with Gasteiger partial charge in [0, 0.05) is 13.1 Å². The van der Waals surface area contributed by atoms with Gasteiger partial charge in [0.05, 0.1) is 6.54 Å². The molecule has 0 spiro atoms. The van der Waals surface area contributed by atoms with E-state index < -0.39 is 6.03 Å². The van der Waals surface area contributed by atoms with E-state index in [0.717, 1.165) is 11.1 Å². The molecule has 0 unspecified atom stereocenters. The first-order valence-electron chi connectivity index (χ1n) is 7.80. The first-order chi connectivity index (χ1) is 12.0. The molecule has 0 saturated heterocycles. The highest BCUT2D eigenvalue weighted by atomic mass is 19.1. The summed E-state index contributed by atoms with van der Waals surface area (Å²) in [6, 6.07) is 11.3. The molecule has 0 heterocycles. The van der Waals surface area contributed by atoms with Crippen molar-refractivity contribution in [1.82, 2.24) is 16.0 Å². The fourth-order valence-corrected chi connectivity index (χ4v) is 2.07. The van der Waals surface area contributed by atoms with Crippen LogP contribution in [0.3, 0.4) is 0 Å². The lowest BCUT2D eigenvalue weighted by Gasteiger charge is -2.09. The summed E-state index contributed by atoms with van der Waals surface area (Å²) in [6.45, 7) is 0.473. The van der Waals surface area contributed by atoms with E-state index in [1.54, 1.807) is 24.3 Å². The zero-order valence-electron chi connectivity index (χ0n) is 13.5. The predicted octanol–water partition coefficient (Wildman–Crippen LogP) is 2.12. The molecule has 0 aliphatic carbocycles. The fourth-order valence-electron chi connectivity index (χ4n) is 2.07. The number of amides is 3. The van der Waals surface area contributed by atoms with Crippen LogP contribution in [-0.2, 0) is 17.8 Å². The van der Waals surface area contributed by atoms with Crippen molar-refractivity contribution in [3.05, 3.63) is 71.3 Å². The van der Waals surface area contributed by atoms with Gasteiger partial charge in [0.1, 0.15) is 11.6 Å². The van der Waals surface area contributed by atoms with Crippen molar-refractivity contribution in [2.45, 2.75) is 13.0 Å². The molecule has 0 aliphatic rings. The molecular weight excluding hydrogens is 328 g/mol. The number of carbonyl (C=O) groups excluding carboxylic acids is 2. The van der Waals surface area contributed by atoms with Gasteiger partial charge in [0.25, 0.3) is 0 Å². The van der Waals surface area contributed by atoms with E-state index in [1.165, 1.54) is 24.3 Å². The maximum absolute atomic E-state index is 12.8. The minimum absolute atomic E-state index is 0.154. The van der Waals surface area contributed by atoms with Crippen LogP contribution in [0.5, 0.6) is 0 Å². The Morgan fingerprint density at radius 1 is 0.760 bits per heavy atom. The molecule has 2 aromatic carbocycles. The predicted molar refractivity (Wildman–Crippen MR) is 89.8 cm³/mol. The second-order valence-electron chi connectivity index (χ2n) is 5.39. The van der Waals surface area contributed by atoms with Crippen molar-refractivity contribution in [3.8, 4) is 0 Å². The van der Waals surface area contributed by atoms with Gasteiger partial charge in [-0.05, 0) is 41.8 Å². The van der Waals surface area contributed by atoms with E-state index in [1.807, 2.05) is 0 Å². The van der Waals surface area contributed by atoms with Gasteiger partial charge in [0.15, 0.2) is 0 Å². The number of nitrogens with one attached hydrogen (secondary N) is 3. The van der Waals surface area contributed by atoms with Crippen LogP contribution in [0, 0.1) is 11.6 Å². The largest absolute Gasteiger partial charge is 0.354 e. The van der Waals surface area contributed by atoms with Crippen LogP contribution in [0.1, 0.15) is 11.1 Å². The first kappa shape index (κ1) is 18.4. The third-order valence-corrected chi connectivity index (χ3v) is 3.42. The first-order valence-corrected chi connectivity index (χ1v) is 7.80. The van der Waals surface area contributed by atoms with Crippen molar-refractivity contribution in [1.29, 1.82) is 0 Å². The molecule has 5 nitrogen and oxygen atoms in total. The molecule has 0 radical (unpaired) electrons. The summed E-state index contributed by atoms with van der Waals surface area (Å²) in [5.41, 5.74) is 1.66. The number of urea groups is 1. The summed E-state index contributed by atoms with van der Waals surface area (Å²) >= 11 is 0. The molecule has 2 aromatic rings. The van der Waals surface area contributed by atoms with Crippen LogP contribution in [-0.4, -0.2) is 25.0 Å². The summed E-state index contributed by atoms with van der Waals surface area (Å²) in [5.74, 6) is -0.965. The van der Waals surface area contributed by atoms with Crippen molar-refractivity contribution in [2.75, 3.05) is 13.1 Å². The van der Waals surface area contributed by atoms with Crippen molar-refractivity contribution >= 4 is 11.9 Å². The van der Waals surface area contributed by atoms with E-state index in [-0.39, 0.29) is 30.6 Å². The van der Waals surface area contributed by atoms with Crippen molar-refractivity contribution in [2.24, 2.45) is 0 Å². The minimum Gasteiger partial charge on any atom is -0.354 e. The number of hydrogen-bond acceptors (Lipinski definition) is 2. The maximum atomic E-state index is 12.8. The minimum atomic E-state index is -0.488. The third-order valence-electron chi connectivity index (χ3n) is 3.42. The lowest BCUT2D eigenvalue weighted by atomic mass is 10.1. The molecule has 3 amide bonds. The highest BCUT2D eigenvalue weighted by Gasteiger charge is 2.05. The molecule has 0 bridgehead atoms. The highest BCUT2D eigenvalue weighted by Crippen LogP contribution is 2.03. The van der Waals surface area contributed by atoms with Gasteiger partial charge in [-0.1, -0.05) is 24.3 Å². The monoisotopic (exact) mass is 347 g/mol. The van der Waals surface area contributed by atoms with Gasteiger partial charge < -0.3 is 16.0 Å². The van der Waals surface area contributed by atoms with Gasteiger partial charge in [0.2, 0.25) is 5.91 Å². The normalized spacial score (nSPS) is 10.2. The standard InChI is InChI=1S/C18H19F2N3O2/c19-15-5-1-13(2-6-15)9-10-21-17(24)12-23-18(25)22-11-14-3-7-16(20)8-4-14/h1-8H,9-12H2,(H,21,24)(H2,22,23,25). The Morgan fingerprint density at radius 2 is 1.32 bits per heavy atom. The van der Waals surface area contributed by atoms with Gasteiger partial charge in [-0.25, -0.2) is 13.6 Å². The number of hydrogen-bond donors (Lipinski definition) is 3. The quantitative estimate of drug-likeness (QED) is 0.718. The SMILES string of the molecule is O=C(CNC(=O)NCc1ccc(F)cc1)NCCc1ccc(F)cc1. The zero-order valence-corrected chi connectivity index (χ0v) is 13.5. The van der Waals surface area contributed by atoms with Crippen molar-refractivity contribution < 1.29 is 18.4 Å². The highest BCUT2D eigenvalue weighted by molar-refractivity contribution is 5.83. The molecule has 0 fully saturated rings. The Morgan fingerprint density at radius 3 is 1.92 bits per heavy atom. The molecule has 0 atom stereocenters. The van der Waals surface area contributed by atoms with Gasteiger partial charge in [-0.2, -0.15) is 0 Å². The van der Waals surface area contributed by atoms with Crippen LogP contribution >= 0.6 is 0 Å². The van der Waals surface area contributed by atoms with Gasteiger partial charge in [-0.3, -0.25) is 4.79 Å². The van der Waals surface area contributed by atoms with E-state index >= 15 is 0 Å². The Hall–Kier alpha value is -2.96. The smallest absolute Gasteiger partial charge is 0.315 e. The van der Waals surface area contributed by atoms with Crippen LogP contribution in [0.2, 0.25) is 0 Å². The Bertz CT molecular complexity index is 703. The molecule has 132 valence electrons. The summed E-state index contributed by atoms with van der Waals surface area (Å²) in [7, 11) is 0. The Balaban J connectivity index is 1.59. The summed E-state index contributed by atoms with van der Waals surface area (Å²) < 4.78 is 25.5. The average Bonchev–Trinajstić information content (AvgIpc) is 2.61. The molecule has 0 saturated carbocycles. The number of rotatable bonds is 7. The number of carbonyl (C=O) groups is 2. The van der Waals surface area contributed by atoms with Crippen LogP contribution in [0.25, 0.3) is 0 Å². The van der Waals surface area contributed by atoms with Crippen LogP contribution in [0.4, 0.5) is 13.6 Å². The van der Waals surface area contributed by atoms with E-state index in [9.17, 15) is 18.4 Å². The molecule has 3 N–H and O–H groups in total. The maximum Gasteiger partial charge on any atom is 0.315 e. The number of halogens is 2. The third kappa shape index (κ3) is 6.99. The lowest BCUT2D eigenvalue weighted by Crippen LogP contribution is -2.42. The molecule has 0 aromatic heterocycles. The second-order valence-corrected chi connectivity index (χ2v) is 5.39. The lowest BCUT2D eigenvalue weighted by molar-refractivity contribution is -0.120. The van der Waals surface area contributed by atoms with Crippen LogP contribution < -0.4 is 16.0 Å². The molecule has 25 heavy (non-hydrogen) atoms. The fraction of sp³-hybridized carbons (Fsp3) is 0.222. The topological polar surface area (TPSA) is 70.2 Å². The van der Waals surface area contributed by atoms with E-state index in [2.05, 4.69) is 16.0 Å². The molecule has 2 rings (SSSR count). The van der Waals surface area contributed by atoms with Crippen molar-refractivity contribution in [3.63, 3.8) is 0 Å². The Kier molecular flexibility index (Phi) is 6.88. The summed E-state index contributed by atoms with van der Waals surface area (Å²) in [6.07, 6.45) is 0.572. The second kappa shape index (κ2) is 9.36. The van der Waals surface area contributed by atoms with Gasteiger partial charge >= 0.3 is 6.03 Å². The number of benzene rings is 2. The molecule has 7 heteroatoms. The van der Waals surface area contributed by atoms with E-state index in [4.69, 9.17) is 0 Å². The summed E-state index contributed by atoms with van der Waals surface area (Å²) in [4.78, 5) is 23.3. The average molecular weight is 347 g/mol. The molecule has 0 aliphatic heterocycles. The summed E-state index contributed by atoms with van der Waals surface area (Å²) in [5, 5.41) is 7.67. The van der Waals surface area contributed by atoms with Gasteiger partial charge in [-0.15, -0.1) is 0 Å². The zero-order chi connectivity index (χ0) is 18.1. The van der Waals surface area contributed by atoms with Crippen LogP contribution in [0.15, 0.2) is 48.5 Å².